The number of halogens is 1. The Kier molecular flexibility index (Phi) is 10.2. The second-order valence-electron chi connectivity index (χ2n) is 9.35. The standard InChI is InChI=1S/C20H28FN5O14P2S/c1-2-3-20(21)15(32)10(37-16(20)8-4-23-18-17(22)24-7-25-26(8)18)6-36-42(35,43)40-41(33,34)39-19-13(31)11(29)12(30)14(38-19)9(28)5-27/h3-4,7,9-16,19,27-32H,1,5-6H2,(H,33,34)(H,35,43)(H2,22,24,25)/t9-,10+,11?,12?,13?,14?,15+,16-,19?,20+,42?/m0/s1. The molecule has 0 aromatic carbocycles. The number of nitrogen functional groups attached to an aromatic ring is 1. The van der Waals surface area contributed by atoms with Gasteiger partial charge >= 0.3 is 14.5 Å². The van der Waals surface area contributed by atoms with Crippen LogP contribution in [0.15, 0.2) is 30.9 Å². The van der Waals surface area contributed by atoms with Gasteiger partial charge in [-0.25, -0.2) is 27.7 Å². The number of aliphatic hydroxyl groups excluding tert-OH is 6. The van der Waals surface area contributed by atoms with Crippen LogP contribution in [0.1, 0.15) is 11.8 Å². The summed E-state index contributed by atoms with van der Waals surface area (Å²) in [4.78, 5) is 28.3. The normalized spacial score (nSPS) is 36.5. The fourth-order valence-corrected chi connectivity index (χ4v) is 7.52. The van der Waals surface area contributed by atoms with Crippen molar-refractivity contribution in [3.8, 4) is 0 Å². The molecule has 2 fully saturated rings. The minimum Gasteiger partial charge on any atom is -0.394 e. The van der Waals surface area contributed by atoms with Crippen LogP contribution in [0.3, 0.4) is 0 Å². The number of ether oxygens (including phenoxy) is 2. The molecule has 7 unspecified atom stereocenters. The number of hydrogen-bond donors (Lipinski definition) is 9. The van der Waals surface area contributed by atoms with Crippen LogP contribution in [0, 0.1) is 0 Å². The van der Waals surface area contributed by atoms with E-state index in [9.17, 15) is 39.9 Å². The second-order valence-corrected chi connectivity index (χ2v) is 13.7. The van der Waals surface area contributed by atoms with Crippen LogP contribution in [-0.4, -0.2) is 128 Å². The lowest BCUT2D eigenvalue weighted by molar-refractivity contribution is -0.292. The topological polar surface area (TPSA) is 294 Å². The van der Waals surface area contributed by atoms with Gasteiger partial charge in [-0.1, -0.05) is 6.58 Å². The zero-order valence-electron chi connectivity index (χ0n) is 21.6. The SMILES string of the molecule is C=C=C[C@@]1(F)[C@H](O)[C@@H](COP(O)(=S)OP(=O)(O)OC2OC([C@@H](O)CO)C(O)C(O)C2O)O[C@H]1c1cnc2c(N)ncnn12. The molecule has 0 aliphatic carbocycles. The van der Waals surface area contributed by atoms with Gasteiger partial charge in [-0.05, 0) is 17.9 Å². The molecule has 2 aliphatic heterocycles. The van der Waals surface area contributed by atoms with Crippen molar-refractivity contribution in [2.45, 2.75) is 60.8 Å². The third-order valence-corrected chi connectivity index (χ3v) is 10.0. The summed E-state index contributed by atoms with van der Waals surface area (Å²) in [6, 6.07) is 0. The van der Waals surface area contributed by atoms with Gasteiger partial charge in [-0.3, -0.25) is 4.52 Å². The predicted molar refractivity (Wildman–Crippen MR) is 141 cm³/mol. The second kappa shape index (κ2) is 12.9. The Labute approximate surface area is 246 Å². The first-order valence-electron chi connectivity index (χ1n) is 12.1. The first-order valence-corrected chi connectivity index (χ1v) is 16.2. The highest BCUT2D eigenvalue weighted by molar-refractivity contribution is 8.08. The van der Waals surface area contributed by atoms with Gasteiger partial charge in [0.2, 0.25) is 0 Å². The van der Waals surface area contributed by atoms with Crippen molar-refractivity contribution in [3.05, 3.63) is 36.6 Å². The van der Waals surface area contributed by atoms with Crippen molar-refractivity contribution in [3.63, 3.8) is 0 Å². The quantitative estimate of drug-likeness (QED) is 0.0851. The smallest absolute Gasteiger partial charge is 0.394 e. The zero-order chi connectivity index (χ0) is 31.9. The van der Waals surface area contributed by atoms with Crippen molar-refractivity contribution in [2.75, 3.05) is 18.9 Å². The number of rotatable bonds is 11. The summed E-state index contributed by atoms with van der Waals surface area (Å²) < 4.78 is 54.6. The molecule has 0 saturated carbocycles. The molecule has 0 spiro atoms. The van der Waals surface area contributed by atoms with Crippen LogP contribution in [0.5, 0.6) is 0 Å². The van der Waals surface area contributed by atoms with Crippen molar-refractivity contribution in [1.82, 2.24) is 19.6 Å². The van der Waals surface area contributed by atoms with E-state index in [0.29, 0.717) is 0 Å². The minimum absolute atomic E-state index is 0.0180. The monoisotopic (exact) mass is 675 g/mol. The summed E-state index contributed by atoms with van der Waals surface area (Å²) in [5, 5.41) is 63.6. The number of phosphoric acid groups is 1. The molecule has 240 valence electrons. The summed E-state index contributed by atoms with van der Waals surface area (Å²) in [5.74, 6) is -0.0332. The summed E-state index contributed by atoms with van der Waals surface area (Å²) >= 11 is 4.72. The average Bonchev–Trinajstić information content (AvgIpc) is 3.46. The lowest BCUT2D eigenvalue weighted by Gasteiger charge is -2.41. The molecule has 2 aromatic rings. The van der Waals surface area contributed by atoms with E-state index < -0.39 is 88.5 Å². The molecule has 2 aromatic heterocycles. The maximum absolute atomic E-state index is 16.1. The minimum atomic E-state index is -5.52. The Morgan fingerprint density at radius 2 is 1.95 bits per heavy atom. The third kappa shape index (κ3) is 6.89. The van der Waals surface area contributed by atoms with E-state index >= 15 is 4.39 Å². The van der Waals surface area contributed by atoms with Gasteiger partial charge in [0.1, 0.15) is 55.2 Å². The molecule has 2 saturated heterocycles. The van der Waals surface area contributed by atoms with Gasteiger partial charge in [0.05, 0.1) is 25.1 Å². The predicted octanol–water partition coefficient (Wildman–Crippen LogP) is -2.92. The van der Waals surface area contributed by atoms with Gasteiger partial charge in [0, 0.05) is 0 Å². The lowest BCUT2D eigenvalue weighted by Crippen LogP contribution is -2.61. The van der Waals surface area contributed by atoms with Crippen molar-refractivity contribution in [2.24, 2.45) is 0 Å². The highest BCUT2D eigenvalue weighted by Gasteiger charge is 2.58. The summed E-state index contributed by atoms with van der Waals surface area (Å²) in [6.07, 6.45) is -14.2. The molecule has 12 atom stereocenters. The van der Waals surface area contributed by atoms with E-state index in [2.05, 4.69) is 36.2 Å². The van der Waals surface area contributed by atoms with Crippen LogP contribution in [0.25, 0.3) is 5.65 Å². The summed E-state index contributed by atoms with van der Waals surface area (Å²) in [7, 11) is -5.52. The van der Waals surface area contributed by atoms with Crippen LogP contribution in [0.2, 0.25) is 0 Å². The molecule has 2 aliphatic rings. The van der Waals surface area contributed by atoms with E-state index in [-0.39, 0.29) is 17.2 Å². The van der Waals surface area contributed by atoms with E-state index in [4.69, 9.17) is 36.6 Å². The van der Waals surface area contributed by atoms with Gasteiger partial charge in [0.25, 0.3) is 0 Å². The van der Waals surface area contributed by atoms with Gasteiger partial charge in [-0.2, -0.15) is 5.10 Å². The molecular formula is C20H28FN5O14P2S. The van der Waals surface area contributed by atoms with E-state index in [1.807, 2.05) is 0 Å². The molecule has 43 heavy (non-hydrogen) atoms. The fourth-order valence-electron chi connectivity index (χ4n) is 4.42. The van der Waals surface area contributed by atoms with Gasteiger partial charge < -0.3 is 60.2 Å². The highest BCUT2D eigenvalue weighted by Crippen LogP contribution is 2.62. The average molecular weight is 675 g/mol. The number of fused-ring (bicyclic) bond motifs is 1. The Bertz CT molecular complexity index is 1470. The number of nitrogens with zero attached hydrogens (tertiary/aromatic N) is 4. The molecule has 0 radical (unpaired) electrons. The van der Waals surface area contributed by atoms with Crippen LogP contribution in [0.4, 0.5) is 10.2 Å². The molecule has 4 heterocycles. The Hall–Kier alpha value is -1.84. The van der Waals surface area contributed by atoms with E-state index in [1.54, 1.807) is 0 Å². The first kappa shape index (κ1) is 34.0. The first-order chi connectivity index (χ1) is 20.0. The highest BCUT2D eigenvalue weighted by atomic mass is 32.5. The zero-order valence-corrected chi connectivity index (χ0v) is 24.2. The molecule has 23 heteroatoms. The molecule has 19 nitrogen and oxygen atoms in total. The fraction of sp³-hybridized carbons (Fsp3) is 0.600. The number of anilines is 1. The van der Waals surface area contributed by atoms with E-state index in [1.165, 1.54) is 6.20 Å². The van der Waals surface area contributed by atoms with Crippen molar-refractivity contribution >= 4 is 37.8 Å². The van der Waals surface area contributed by atoms with Gasteiger partial charge in [0.15, 0.2) is 23.4 Å². The molecule has 0 amide bonds. The van der Waals surface area contributed by atoms with Crippen molar-refractivity contribution in [1.29, 1.82) is 0 Å². The van der Waals surface area contributed by atoms with Gasteiger partial charge in [-0.15, -0.1) is 5.73 Å². The Morgan fingerprint density at radius 1 is 1.26 bits per heavy atom. The maximum Gasteiger partial charge on any atom is 0.481 e. The molecule has 10 N–H and O–H groups in total. The summed E-state index contributed by atoms with van der Waals surface area (Å²) in [5.41, 5.74) is 5.32. The number of nitrogens with two attached hydrogens (primary N) is 1. The lowest BCUT2D eigenvalue weighted by atomic mass is 9.91. The van der Waals surface area contributed by atoms with Crippen LogP contribution < -0.4 is 5.73 Å². The number of aliphatic hydroxyl groups is 6. The molecule has 0 bridgehead atoms. The number of phosphoric ester groups is 1. The third-order valence-electron chi connectivity index (χ3n) is 6.49. The number of hydrogen-bond acceptors (Lipinski definition) is 17. The number of aromatic nitrogens is 4. The molecule has 4 rings (SSSR count). The van der Waals surface area contributed by atoms with E-state index in [0.717, 1.165) is 16.9 Å². The number of alkyl halides is 1. The van der Waals surface area contributed by atoms with Crippen LogP contribution in [-0.2, 0) is 39.2 Å². The van der Waals surface area contributed by atoms with Crippen LogP contribution >= 0.6 is 14.5 Å². The molecular weight excluding hydrogens is 647 g/mol. The van der Waals surface area contributed by atoms with Crippen molar-refractivity contribution < 1.29 is 72.2 Å². The Morgan fingerprint density at radius 3 is 2.60 bits per heavy atom. The number of imidazole rings is 1. The largest absolute Gasteiger partial charge is 0.481 e. The Balaban J connectivity index is 1.46. The summed E-state index contributed by atoms with van der Waals surface area (Å²) in [6.45, 7) is -3.34. The maximum atomic E-state index is 16.1.